The van der Waals surface area contributed by atoms with Gasteiger partial charge < -0.3 is 15.4 Å². The van der Waals surface area contributed by atoms with Crippen LogP contribution in [0.25, 0.3) is 0 Å². The molecule has 1 heterocycles. The molecule has 0 aromatic heterocycles. The van der Waals surface area contributed by atoms with Crippen LogP contribution in [0.2, 0.25) is 0 Å². The van der Waals surface area contributed by atoms with E-state index in [0.717, 1.165) is 45.7 Å². The molecule has 1 aliphatic carbocycles. The Bertz CT molecular complexity index is 323. The highest BCUT2D eigenvalue weighted by Crippen LogP contribution is 2.38. The lowest BCUT2D eigenvalue weighted by Crippen LogP contribution is -2.54. The molecule has 1 saturated carbocycles. The number of rotatable bonds is 7. The number of hydrogen-bond acceptors (Lipinski definition) is 4. The standard InChI is InChI=1S/C16H31N3O2/c1-3-17-14(2)13-18-15(20)12-16(6-4-5-7-16)19-8-10-21-11-9-19/h14,17H,3-13H2,1-2H3,(H,18,20)/t14-/m1/s1. The number of ether oxygens (including phenoxy) is 1. The molecule has 122 valence electrons. The highest BCUT2D eigenvalue weighted by atomic mass is 16.5. The molecule has 5 heteroatoms. The van der Waals surface area contributed by atoms with Crippen molar-refractivity contribution < 1.29 is 9.53 Å². The molecule has 1 atom stereocenters. The number of nitrogens with one attached hydrogen (secondary N) is 2. The fourth-order valence-corrected chi connectivity index (χ4v) is 3.72. The Kier molecular flexibility index (Phi) is 6.45. The minimum atomic E-state index is 0.0925. The zero-order valence-electron chi connectivity index (χ0n) is 13.6. The van der Waals surface area contributed by atoms with Crippen molar-refractivity contribution in [1.82, 2.24) is 15.5 Å². The molecule has 2 fully saturated rings. The van der Waals surface area contributed by atoms with Gasteiger partial charge in [0.05, 0.1) is 13.2 Å². The summed E-state index contributed by atoms with van der Waals surface area (Å²) in [7, 11) is 0. The first-order valence-corrected chi connectivity index (χ1v) is 8.49. The molecule has 1 amide bonds. The molecular weight excluding hydrogens is 266 g/mol. The highest BCUT2D eigenvalue weighted by molar-refractivity contribution is 5.77. The van der Waals surface area contributed by atoms with Crippen molar-refractivity contribution in [3.8, 4) is 0 Å². The van der Waals surface area contributed by atoms with E-state index in [9.17, 15) is 4.79 Å². The van der Waals surface area contributed by atoms with Gasteiger partial charge in [-0.1, -0.05) is 19.8 Å². The molecular formula is C16H31N3O2. The van der Waals surface area contributed by atoms with E-state index >= 15 is 0 Å². The van der Waals surface area contributed by atoms with Crippen LogP contribution in [0, 0.1) is 0 Å². The summed E-state index contributed by atoms with van der Waals surface area (Å²) in [6.45, 7) is 9.41. The van der Waals surface area contributed by atoms with Crippen molar-refractivity contribution in [2.75, 3.05) is 39.4 Å². The third-order valence-corrected chi connectivity index (χ3v) is 4.86. The van der Waals surface area contributed by atoms with Crippen LogP contribution in [-0.2, 0) is 9.53 Å². The van der Waals surface area contributed by atoms with E-state index in [1.165, 1.54) is 12.8 Å². The fourth-order valence-electron chi connectivity index (χ4n) is 3.72. The first-order chi connectivity index (χ1) is 10.2. The van der Waals surface area contributed by atoms with Crippen LogP contribution in [0.5, 0.6) is 0 Å². The van der Waals surface area contributed by atoms with Crippen LogP contribution >= 0.6 is 0 Å². The molecule has 0 unspecified atom stereocenters. The van der Waals surface area contributed by atoms with Gasteiger partial charge >= 0.3 is 0 Å². The Morgan fingerprint density at radius 1 is 1.29 bits per heavy atom. The first-order valence-electron chi connectivity index (χ1n) is 8.49. The van der Waals surface area contributed by atoms with Gasteiger partial charge in [0.2, 0.25) is 5.91 Å². The summed E-state index contributed by atoms with van der Waals surface area (Å²) in [4.78, 5) is 14.9. The fraction of sp³-hybridized carbons (Fsp3) is 0.938. The van der Waals surface area contributed by atoms with E-state index in [0.29, 0.717) is 19.0 Å². The SMILES string of the molecule is CCN[C@H](C)CNC(=O)CC1(N2CCOCC2)CCCC1. The van der Waals surface area contributed by atoms with Crippen LogP contribution in [-0.4, -0.2) is 61.8 Å². The summed E-state index contributed by atoms with van der Waals surface area (Å²) in [6, 6.07) is 0.335. The predicted octanol–water partition coefficient (Wildman–Crippen LogP) is 1.14. The van der Waals surface area contributed by atoms with Crippen LogP contribution in [0.1, 0.15) is 46.0 Å². The molecule has 2 rings (SSSR count). The zero-order chi connectivity index (χ0) is 15.1. The molecule has 0 radical (unpaired) electrons. The minimum absolute atomic E-state index is 0.0925. The average Bonchev–Trinajstić information content (AvgIpc) is 2.96. The Labute approximate surface area is 128 Å². The number of nitrogens with zero attached hydrogens (tertiary/aromatic N) is 1. The molecule has 0 bridgehead atoms. The first kappa shape index (κ1) is 16.7. The second kappa shape index (κ2) is 8.11. The molecule has 0 aromatic rings. The molecule has 2 N–H and O–H groups in total. The Balaban J connectivity index is 1.85. The third-order valence-electron chi connectivity index (χ3n) is 4.86. The van der Waals surface area contributed by atoms with Gasteiger partial charge in [-0.15, -0.1) is 0 Å². The van der Waals surface area contributed by atoms with Crippen LogP contribution < -0.4 is 10.6 Å². The lowest BCUT2D eigenvalue weighted by molar-refractivity contribution is -0.125. The molecule has 5 nitrogen and oxygen atoms in total. The van der Waals surface area contributed by atoms with Gasteiger partial charge in [0.15, 0.2) is 0 Å². The van der Waals surface area contributed by atoms with Gasteiger partial charge in [0, 0.05) is 37.6 Å². The van der Waals surface area contributed by atoms with Gasteiger partial charge in [-0.2, -0.15) is 0 Å². The second-order valence-corrected chi connectivity index (χ2v) is 6.47. The zero-order valence-corrected chi connectivity index (χ0v) is 13.6. The second-order valence-electron chi connectivity index (χ2n) is 6.47. The van der Waals surface area contributed by atoms with Crippen LogP contribution in [0.15, 0.2) is 0 Å². The number of likely N-dealkylation sites (N-methyl/N-ethyl adjacent to an activating group) is 1. The van der Waals surface area contributed by atoms with Crippen molar-refractivity contribution in [2.24, 2.45) is 0 Å². The molecule has 0 aromatic carbocycles. The number of amides is 1. The van der Waals surface area contributed by atoms with E-state index < -0.39 is 0 Å². The maximum absolute atomic E-state index is 12.4. The topological polar surface area (TPSA) is 53.6 Å². The normalized spacial score (nSPS) is 23.9. The Morgan fingerprint density at radius 3 is 2.57 bits per heavy atom. The van der Waals surface area contributed by atoms with Crippen molar-refractivity contribution >= 4 is 5.91 Å². The number of hydrogen-bond donors (Lipinski definition) is 2. The van der Waals surface area contributed by atoms with Crippen molar-refractivity contribution in [1.29, 1.82) is 0 Å². The van der Waals surface area contributed by atoms with E-state index in [4.69, 9.17) is 4.74 Å². The van der Waals surface area contributed by atoms with Crippen LogP contribution in [0.3, 0.4) is 0 Å². The quantitative estimate of drug-likeness (QED) is 0.740. The summed E-state index contributed by atoms with van der Waals surface area (Å²) in [5, 5.41) is 6.42. The van der Waals surface area contributed by atoms with Crippen molar-refractivity contribution in [3.63, 3.8) is 0 Å². The largest absolute Gasteiger partial charge is 0.379 e. The lowest BCUT2D eigenvalue weighted by atomic mass is 9.90. The van der Waals surface area contributed by atoms with E-state index in [2.05, 4.69) is 29.4 Å². The monoisotopic (exact) mass is 297 g/mol. The maximum atomic E-state index is 12.4. The summed E-state index contributed by atoms with van der Waals surface area (Å²) >= 11 is 0. The minimum Gasteiger partial charge on any atom is -0.379 e. The molecule has 0 spiro atoms. The Morgan fingerprint density at radius 2 is 1.95 bits per heavy atom. The Hall–Kier alpha value is -0.650. The number of carbonyl (C=O) groups is 1. The predicted molar refractivity (Wildman–Crippen MR) is 84.4 cm³/mol. The number of morpholine rings is 1. The van der Waals surface area contributed by atoms with Gasteiger partial charge in [-0.25, -0.2) is 0 Å². The van der Waals surface area contributed by atoms with Gasteiger partial charge in [0.25, 0.3) is 0 Å². The van der Waals surface area contributed by atoms with Crippen molar-refractivity contribution in [2.45, 2.75) is 57.5 Å². The van der Waals surface area contributed by atoms with E-state index in [1.807, 2.05) is 0 Å². The van der Waals surface area contributed by atoms with Crippen LogP contribution in [0.4, 0.5) is 0 Å². The smallest absolute Gasteiger partial charge is 0.221 e. The molecule has 1 saturated heterocycles. The highest BCUT2D eigenvalue weighted by Gasteiger charge is 2.41. The van der Waals surface area contributed by atoms with Gasteiger partial charge in [-0.3, -0.25) is 9.69 Å². The number of carbonyl (C=O) groups excluding carboxylic acids is 1. The van der Waals surface area contributed by atoms with E-state index in [-0.39, 0.29) is 11.4 Å². The molecule has 2 aliphatic rings. The third kappa shape index (κ3) is 4.66. The summed E-state index contributed by atoms with van der Waals surface area (Å²) in [5.74, 6) is 0.202. The summed E-state index contributed by atoms with van der Waals surface area (Å²) < 4.78 is 5.46. The maximum Gasteiger partial charge on any atom is 0.221 e. The molecule has 1 aliphatic heterocycles. The summed E-state index contributed by atoms with van der Waals surface area (Å²) in [6.07, 6.45) is 5.45. The molecule has 21 heavy (non-hydrogen) atoms. The lowest BCUT2D eigenvalue weighted by Gasteiger charge is -2.43. The summed E-state index contributed by atoms with van der Waals surface area (Å²) in [5.41, 5.74) is 0.0925. The average molecular weight is 297 g/mol. The van der Waals surface area contributed by atoms with Crippen molar-refractivity contribution in [3.05, 3.63) is 0 Å². The van der Waals surface area contributed by atoms with Gasteiger partial charge in [-0.05, 0) is 26.3 Å². The van der Waals surface area contributed by atoms with E-state index in [1.54, 1.807) is 0 Å². The van der Waals surface area contributed by atoms with Gasteiger partial charge in [0.1, 0.15) is 0 Å².